The van der Waals surface area contributed by atoms with Gasteiger partial charge in [0.05, 0.1) is 22.5 Å². The molecule has 0 bridgehead atoms. The summed E-state index contributed by atoms with van der Waals surface area (Å²) in [6.07, 6.45) is 0. The molecule has 0 radical (unpaired) electrons. The number of carbonyl (C=O) groups excluding carboxylic acids is 3. The van der Waals surface area contributed by atoms with Gasteiger partial charge in [-0.3, -0.25) is 14.4 Å². The summed E-state index contributed by atoms with van der Waals surface area (Å²) in [5.41, 5.74) is 1.83. The van der Waals surface area contributed by atoms with Crippen molar-refractivity contribution in [3.63, 3.8) is 0 Å². The van der Waals surface area contributed by atoms with Crippen molar-refractivity contribution >= 4 is 29.1 Å². The van der Waals surface area contributed by atoms with Crippen molar-refractivity contribution in [3.05, 3.63) is 53.6 Å². The zero-order valence-electron chi connectivity index (χ0n) is 12.3. The van der Waals surface area contributed by atoms with E-state index in [0.717, 1.165) is 4.90 Å². The second-order valence-corrected chi connectivity index (χ2v) is 5.38. The average Bonchev–Trinajstić information content (AvgIpc) is 2.83. The van der Waals surface area contributed by atoms with E-state index in [9.17, 15) is 14.4 Å². The number of ether oxygens (including phenoxy) is 1. The Labute approximate surface area is 131 Å². The van der Waals surface area contributed by atoms with Crippen molar-refractivity contribution in [2.24, 2.45) is 0 Å². The van der Waals surface area contributed by atoms with Gasteiger partial charge < -0.3 is 9.64 Å². The number of imide groups is 1. The maximum Gasteiger partial charge on any atom is 0.266 e. The first-order chi connectivity index (χ1) is 11.1. The molecule has 4 rings (SSSR count). The Hall–Kier alpha value is -3.15. The van der Waals surface area contributed by atoms with Crippen LogP contribution in [-0.2, 0) is 4.79 Å². The van der Waals surface area contributed by atoms with Crippen molar-refractivity contribution < 1.29 is 19.1 Å². The van der Waals surface area contributed by atoms with E-state index in [1.165, 1.54) is 4.90 Å². The largest absolute Gasteiger partial charge is 0.481 e. The Kier molecular flexibility index (Phi) is 2.74. The molecule has 0 atom stereocenters. The lowest BCUT2D eigenvalue weighted by Crippen LogP contribution is -2.36. The van der Waals surface area contributed by atoms with Crippen molar-refractivity contribution in [1.29, 1.82) is 0 Å². The van der Waals surface area contributed by atoms with Crippen LogP contribution in [0, 0.1) is 0 Å². The number of anilines is 2. The lowest BCUT2D eigenvalue weighted by atomic mass is 10.1. The predicted octanol–water partition coefficient (Wildman–Crippen LogP) is 1.84. The van der Waals surface area contributed by atoms with E-state index in [0.29, 0.717) is 28.3 Å². The minimum absolute atomic E-state index is 0.0604. The fourth-order valence-electron chi connectivity index (χ4n) is 2.83. The van der Waals surface area contributed by atoms with Crippen LogP contribution in [-0.4, -0.2) is 31.4 Å². The minimum Gasteiger partial charge on any atom is -0.481 e. The molecule has 2 aromatic carbocycles. The summed E-state index contributed by atoms with van der Waals surface area (Å²) >= 11 is 0. The molecule has 0 fully saturated rings. The van der Waals surface area contributed by atoms with E-state index in [-0.39, 0.29) is 24.3 Å². The van der Waals surface area contributed by atoms with Crippen LogP contribution in [0.15, 0.2) is 42.5 Å². The predicted molar refractivity (Wildman–Crippen MR) is 82.9 cm³/mol. The summed E-state index contributed by atoms with van der Waals surface area (Å²) in [6.45, 7) is -0.0604. The number of nitrogens with zero attached hydrogens (tertiary/aromatic N) is 2. The third-order valence-corrected chi connectivity index (χ3v) is 4.08. The van der Waals surface area contributed by atoms with Gasteiger partial charge in [-0.2, -0.15) is 0 Å². The van der Waals surface area contributed by atoms with E-state index >= 15 is 0 Å². The van der Waals surface area contributed by atoms with Crippen LogP contribution in [0.1, 0.15) is 20.7 Å². The van der Waals surface area contributed by atoms with E-state index in [1.54, 1.807) is 49.5 Å². The molecule has 0 aliphatic carbocycles. The number of likely N-dealkylation sites (N-methyl/N-ethyl adjacent to an activating group) is 1. The summed E-state index contributed by atoms with van der Waals surface area (Å²) in [6, 6.07) is 11.6. The van der Waals surface area contributed by atoms with Gasteiger partial charge in [-0.05, 0) is 24.3 Å². The SMILES string of the molecule is CN1C(=O)COc2cc(N3C(=O)c4ccccc4C3=O)ccc21. The summed E-state index contributed by atoms with van der Waals surface area (Å²) in [7, 11) is 1.66. The zero-order valence-corrected chi connectivity index (χ0v) is 12.3. The number of rotatable bonds is 1. The first-order valence-corrected chi connectivity index (χ1v) is 7.09. The molecule has 0 aromatic heterocycles. The van der Waals surface area contributed by atoms with Gasteiger partial charge in [-0.25, -0.2) is 4.90 Å². The van der Waals surface area contributed by atoms with E-state index in [1.807, 2.05) is 0 Å². The fourth-order valence-corrected chi connectivity index (χ4v) is 2.83. The molecule has 2 aliphatic heterocycles. The Morgan fingerprint density at radius 2 is 1.61 bits per heavy atom. The maximum atomic E-state index is 12.5. The molecule has 2 aliphatic rings. The quantitative estimate of drug-likeness (QED) is 0.754. The molecule has 0 N–H and O–H groups in total. The molecule has 6 nitrogen and oxygen atoms in total. The summed E-state index contributed by atoms with van der Waals surface area (Å²) in [4.78, 5) is 39.2. The molecule has 0 saturated carbocycles. The van der Waals surface area contributed by atoms with Crippen LogP contribution < -0.4 is 14.5 Å². The monoisotopic (exact) mass is 308 g/mol. The van der Waals surface area contributed by atoms with Crippen molar-refractivity contribution in [1.82, 2.24) is 0 Å². The standard InChI is InChI=1S/C17H12N2O4/c1-18-13-7-6-10(8-14(13)23-9-15(18)20)19-16(21)11-4-2-3-5-12(11)17(19)22/h2-8H,9H2,1H3. The number of amides is 3. The van der Waals surface area contributed by atoms with Crippen molar-refractivity contribution in [2.45, 2.75) is 0 Å². The molecule has 2 aromatic rings. The highest BCUT2D eigenvalue weighted by Crippen LogP contribution is 2.37. The second-order valence-electron chi connectivity index (χ2n) is 5.38. The summed E-state index contributed by atoms with van der Waals surface area (Å²) in [5, 5.41) is 0. The number of hydrogen-bond donors (Lipinski definition) is 0. The molecule has 2 heterocycles. The van der Waals surface area contributed by atoms with Crippen LogP contribution in [0.5, 0.6) is 5.75 Å². The molecule has 0 saturated heterocycles. The van der Waals surface area contributed by atoms with Crippen molar-refractivity contribution in [2.75, 3.05) is 23.5 Å². The Balaban J connectivity index is 1.77. The van der Waals surface area contributed by atoms with Gasteiger partial charge in [0.1, 0.15) is 5.75 Å². The van der Waals surface area contributed by atoms with Gasteiger partial charge in [0.25, 0.3) is 17.7 Å². The number of carbonyl (C=O) groups is 3. The zero-order chi connectivity index (χ0) is 16.1. The average molecular weight is 308 g/mol. The highest BCUT2D eigenvalue weighted by Gasteiger charge is 2.37. The second kappa shape index (κ2) is 4.67. The van der Waals surface area contributed by atoms with E-state index in [2.05, 4.69) is 0 Å². The van der Waals surface area contributed by atoms with Crippen LogP contribution in [0.2, 0.25) is 0 Å². The molecule has 114 valence electrons. The lowest BCUT2D eigenvalue weighted by molar-refractivity contribution is -0.120. The highest BCUT2D eigenvalue weighted by atomic mass is 16.5. The third kappa shape index (κ3) is 1.85. The van der Waals surface area contributed by atoms with Crippen LogP contribution >= 0.6 is 0 Å². The van der Waals surface area contributed by atoms with Gasteiger partial charge in [0.2, 0.25) is 0 Å². The number of fused-ring (bicyclic) bond motifs is 2. The van der Waals surface area contributed by atoms with Gasteiger partial charge in [0, 0.05) is 13.1 Å². The first-order valence-electron chi connectivity index (χ1n) is 7.09. The van der Waals surface area contributed by atoms with Crippen LogP contribution in [0.3, 0.4) is 0 Å². The van der Waals surface area contributed by atoms with E-state index < -0.39 is 0 Å². The minimum atomic E-state index is -0.356. The Morgan fingerprint density at radius 3 is 2.26 bits per heavy atom. The smallest absolute Gasteiger partial charge is 0.266 e. The van der Waals surface area contributed by atoms with E-state index in [4.69, 9.17) is 4.74 Å². The molecular weight excluding hydrogens is 296 g/mol. The van der Waals surface area contributed by atoms with Gasteiger partial charge >= 0.3 is 0 Å². The Morgan fingerprint density at radius 1 is 0.957 bits per heavy atom. The molecule has 0 unspecified atom stereocenters. The molecule has 6 heteroatoms. The number of hydrogen-bond acceptors (Lipinski definition) is 4. The van der Waals surface area contributed by atoms with Crippen LogP contribution in [0.4, 0.5) is 11.4 Å². The summed E-state index contributed by atoms with van der Waals surface area (Å²) < 4.78 is 5.41. The van der Waals surface area contributed by atoms with Gasteiger partial charge in [-0.15, -0.1) is 0 Å². The lowest BCUT2D eigenvalue weighted by Gasteiger charge is -2.27. The van der Waals surface area contributed by atoms with Crippen LogP contribution in [0.25, 0.3) is 0 Å². The van der Waals surface area contributed by atoms with Gasteiger partial charge in [-0.1, -0.05) is 12.1 Å². The molecule has 0 spiro atoms. The molecule has 23 heavy (non-hydrogen) atoms. The normalized spacial score (nSPS) is 16.3. The first kappa shape index (κ1) is 13.5. The molecule has 3 amide bonds. The topological polar surface area (TPSA) is 66.9 Å². The third-order valence-electron chi connectivity index (χ3n) is 4.08. The highest BCUT2D eigenvalue weighted by molar-refractivity contribution is 6.34. The Bertz CT molecular complexity index is 840. The maximum absolute atomic E-state index is 12.5. The van der Waals surface area contributed by atoms with Crippen molar-refractivity contribution in [3.8, 4) is 5.75 Å². The number of benzene rings is 2. The molecular formula is C17H12N2O4. The summed E-state index contributed by atoms with van der Waals surface area (Å²) in [5.74, 6) is -0.385. The fraction of sp³-hybridized carbons (Fsp3) is 0.118. The van der Waals surface area contributed by atoms with Gasteiger partial charge in [0.15, 0.2) is 6.61 Å².